The highest BCUT2D eigenvalue weighted by molar-refractivity contribution is 7.93. The maximum Gasteiger partial charge on any atom is 0.327 e. The maximum atomic E-state index is 13.8. The van der Waals surface area contributed by atoms with Crippen LogP contribution in [0.1, 0.15) is 31.7 Å². The second kappa shape index (κ2) is 13.9. The highest BCUT2D eigenvalue weighted by Crippen LogP contribution is 2.37. The summed E-state index contributed by atoms with van der Waals surface area (Å²) in [6.07, 6.45) is 2.08. The van der Waals surface area contributed by atoms with E-state index in [1.807, 2.05) is 18.2 Å². The summed E-state index contributed by atoms with van der Waals surface area (Å²) in [6, 6.07) is 25.2. The zero-order valence-electron chi connectivity index (χ0n) is 23.4. The number of piperidine rings is 1. The highest BCUT2D eigenvalue weighted by Gasteiger charge is 2.54. The Kier molecular flexibility index (Phi) is 10.4. The largest absolute Gasteiger partial charge is 0.494 e. The number of carbonyl (C=O) groups excluding carboxylic acids is 1. The standard InChI is InChI=1S/C32H39NO6S/c1-3-38-31(34)32(19-21-33(22-20-32)23-25-37-2)40(35,36)30-17-15-29(16-18-30)39-24-7-8-26-11-13-28(14-12-26)27-9-5-4-6-10-27/h4-6,9-18H,3,7-8,19-25H2,1-2H3. The molecule has 0 N–H and O–H groups in total. The molecule has 1 heterocycles. The number of esters is 1. The van der Waals surface area contributed by atoms with Gasteiger partial charge in [-0.3, -0.25) is 4.79 Å². The molecule has 1 aliphatic rings. The van der Waals surface area contributed by atoms with Crippen LogP contribution in [0.4, 0.5) is 0 Å². The minimum Gasteiger partial charge on any atom is -0.494 e. The molecule has 3 aromatic carbocycles. The molecule has 0 unspecified atom stereocenters. The van der Waals surface area contributed by atoms with Gasteiger partial charge in [0.25, 0.3) is 0 Å². The molecule has 7 nitrogen and oxygen atoms in total. The van der Waals surface area contributed by atoms with Crippen molar-refractivity contribution in [2.75, 3.05) is 46.6 Å². The number of nitrogens with zero attached hydrogens (tertiary/aromatic N) is 1. The first-order valence-corrected chi connectivity index (χ1v) is 15.4. The number of likely N-dealkylation sites (tertiary alicyclic amines) is 1. The molecule has 3 aromatic rings. The van der Waals surface area contributed by atoms with E-state index < -0.39 is 20.6 Å². The molecule has 4 rings (SSSR count). The third-order valence-electron chi connectivity index (χ3n) is 7.51. The lowest BCUT2D eigenvalue weighted by atomic mass is 9.95. The fourth-order valence-corrected chi connectivity index (χ4v) is 7.05. The molecule has 8 heteroatoms. The van der Waals surface area contributed by atoms with Crippen LogP contribution in [0.2, 0.25) is 0 Å². The molecule has 0 bridgehead atoms. The summed E-state index contributed by atoms with van der Waals surface area (Å²) in [5.41, 5.74) is 3.63. The van der Waals surface area contributed by atoms with Crippen molar-refractivity contribution in [1.82, 2.24) is 4.90 Å². The zero-order chi connectivity index (χ0) is 28.4. The molecular formula is C32H39NO6S. The Bertz CT molecular complexity index is 1320. The minimum absolute atomic E-state index is 0.108. The zero-order valence-corrected chi connectivity index (χ0v) is 24.2. The van der Waals surface area contributed by atoms with Crippen molar-refractivity contribution in [2.45, 2.75) is 42.2 Å². The molecule has 1 fully saturated rings. The van der Waals surface area contributed by atoms with Crippen molar-refractivity contribution < 1.29 is 27.4 Å². The maximum absolute atomic E-state index is 13.8. The van der Waals surface area contributed by atoms with Gasteiger partial charge in [-0.25, -0.2) is 8.42 Å². The predicted octanol–water partition coefficient (Wildman–Crippen LogP) is 5.18. The quantitative estimate of drug-likeness (QED) is 0.209. The van der Waals surface area contributed by atoms with Crippen molar-refractivity contribution in [3.63, 3.8) is 0 Å². The third-order valence-corrected chi connectivity index (χ3v) is 10.0. The van der Waals surface area contributed by atoms with Crippen LogP contribution < -0.4 is 4.74 Å². The number of hydrogen-bond donors (Lipinski definition) is 0. The van der Waals surface area contributed by atoms with Crippen LogP contribution in [0.15, 0.2) is 83.8 Å². The summed E-state index contributed by atoms with van der Waals surface area (Å²) in [7, 11) is -2.34. The second-order valence-electron chi connectivity index (χ2n) is 10.0. The molecule has 1 aliphatic heterocycles. The predicted molar refractivity (Wildman–Crippen MR) is 156 cm³/mol. The van der Waals surface area contributed by atoms with Crippen molar-refractivity contribution in [3.8, 4) is 16.9 Å². The topological polar surface area (TPSA) is 82.1 Å². The summed E-state index contributed by atoms with van der Waals surface area (Å²) >= 11 is 0. The summed E-state index contributed by atoms with van der Waals surface area (Å²) in [4.78, 5) is 15.3. The van der Waals surface area contributed by atoms with Crippen LogP contribution >= 0.6 is 0 Å². The molecule has 0 saturated carbocycles. The van der Waals surface area contributed by atoms with Gasteiger partial charge in [0.05, 0.1) is 24.7 Å². The molecule has 0 aromatic heterocycles. The molecular weight excluding hydrogens is 526 g/mol. The van der Waals surface area contributed by atoms with E-state index in [0.717, 1.165) is 12.8 Å². The van der Waals surface area contributed by atoms with E-state index in [-0.39, 0.29) is 24.3 Å². The van der Waals surface area contributed by atoms with E-state index in [0.29, 0.717) is 38.6 Å². The van der Waals surface area contributed by atoms with E-state index in [4.69, 9.17) is 14.2 Å². The summed E-state index contributed by atoms with van der Waals surface area (Å²) < 4.78 is 42.3. The lowest BCUT2D eigenvalue weighted by molar-refractivity contribution is -0.147. The monoisotopic (exact) mass is 565 g/mol. The first-order valence-electron chi connectivity index (χ1n) is 13.9. The van der Waals surface area contributed by atoms with Gasteiger partial charge < -0.3 is 19.1 Å². The number of carbonyl (C=O) groups is 1. The lowest BCUT2D eigenvalue weighted by Crippen LogP contribution is -2.55. The molecule has 0 amide bonds. The van der Waals surface area contributed by atoms with Gasteiger partial charge in [0.2, 0.25) is 0 Å². The minimum atomic E-state index is -3.98. The summed E-state index contributed by atoms with van der Waals surface area (Å²) in [5, 5.41) is 0. The third kappa shape index (κ3) is 6.92. The molecule has 0 spiro atoms. The number of hydrogen-bond acceptors (Lipinski definition) is 7. The van der Waals surface area contributed by atoms with Crippen LogP contribution in [0.3, 0.4) is 0 Å². The Labute approximate surface area is 238 Å². The Morgan fingerprint density at radius 2 is 1.52 bits per heavy atom. The molecule has 214 valence electrons. The average Bonchev–Trinajstić information content (AvgIpc) is 2.99. The molecule has 40 heavy (non-hydrogen) atoms. The van der Waals surface area contributed by atoms with Crippen molar-refractivity contribution in [1.29, 1.82) is 0 Å². The smallest absolute Gasteiger partial charge is 0.327 e. The number of aryl methyl sites for hydroxylation is 1. The average molecular weight is 566 g/mol. The van der Waals surface area contributed by atoms with E-state index >= 15 is 0 Å². The fraction of sp³-hybridized carbons (Fsp3) is 0.406. The van der Waals surface area contributed by atoms with Crippen molar-refractivity contribution in [2.24, 2.45) is 0 Å². The van der Waals surface area contributed by atoms with Crippen molar-refractivity contribution >= 4 is 15.8 Å². The second-order valence-corrected chi connectivity index (χ2v) is 12.3. The number of rotatable bonds is 13. The van der Waals surface area contributed by atoms with Gasteiger partial charge in [-0.05, 0) is 73.6 Å². The van der Waals surface area contributed by atoms with Crippen LogP contribution in [-0.2, 0) is 30.5 Å². The fourth-order valence-electron chi connectivity index (χ4n) is 5.10. The van der Waals surface area contributed by atoms with Gasteiger partial charge in [0.1, 0.15) is 5.75 Å². The van der Waals surface area contributed by atoms with Gasteiger partial charge in [-0.1, -0.05) is 54.6 Å². The molecule has 0 radical (unpaired) electrons. The van der Waals surface area contributed by atoms with E-state index in [1.54, 1.807) is 26.2 Å². The number of ether oxygens (including phenoxy) is 3. The number of benzene rings is 3. The van der Waals surface area contributed by atoms with Gasteiger partial charge in [-0.15, -0.1) is 0 Å². The Hall–Kier alpha value is -3.20. The van der Waals surface area contributed by atoms with Crippen LogP contribution in [0.5, 0.6) is 5.75 Å². The normalized spacial score (nSPS) is 15.4. The summed E-state index contributed by atoms with van der Waals surface area (Å²) in [6.45, 7) is 4.55. The number of methoxy groups -OCH3 is 1. The highest BCUT2D eigenvalue weighted by atomic mass is 32.2. The van der Waals surface area contributed by atoms with E-state index in [1.165, 1.54) is 28.8 Å². The van der Waals surface area contributed by atoms with Crippen LogP contribution in [0.25, 0.3) is 11.1 Å². The van der Waals surface area contributed by atoms with Crippen molar-refractivity contribution in [3.05, 3.63) is 84.4 Å². The van der Waals surface area contributed by atoms with Crippen LogP contribution in [0, 0.1) is 0 Å². The molecule has 1 saturated heterocycles. The molecule has 0 aliphatic carbocycles. The SMILES string of the molecule is CCOC(=O)C1(S(=O)(=O)c2ccc(OCCCc3ccc(-c4ccccc4)cc3)cc2)CCN(CCOC)CC1. The number of sulfone groups is 1. The first-order chi connectivity index (χ1) is 19.4. The first kappa shape index (κ1) is 29.8. The Morgan fingerprint density at radius 1 is 0.875 bits per heavy atom. The van der Waals surface area contributed by atoms with E-state index in [9.17, 15) is 13.2 Å². The van der Waals surface area contributed by atoms with Gasteiger partial charge >= 0.3 is 5.97 Å². The summed E-state index contributed by atoms with van der Waals surface area (Å²) in [5.74, 6) is -0.0727. The Morgan fingerprint density at radius 3 is 2.15 bits per heavy atom. The van der Waals surface area contributed by atoms with Gasteiger partial charge in [0, 0.05) is 26.7 Å². The Balaban J connectivity index is 1.34. The van der Waals surface area contributed by atoms with Gasteiger partial charge in [0.15, 0.2) is 14.6 Å². The lowest BCUT2D eigenvalue weighted by Gasteiger charge is -2.39. The van der Waals surface area contributed by atoms with Crippen LogP contribution in [-0.4, -0.2) is 70.6 Å². The van der Waals surface area contributed by atoms with E-state index in [2.05, 4.69) is 41.3 Å². The molecule has 0 atom stereocenters. The van der Waals surface area contributed by atoms with Gasteiger partial charge in [-0.2, -0.15) is 0 Å².